The summed E-state index contributed by atoms with van der Waals surface area (Å²) in [7, 11) is -2.05. The van der Waals surface area contributed by atoms with Crippen molar-refractivity contribution in [3.63, 3.8) is 0 Å². The number of imidazole rings is 1. The van der Waals surface area contributed by atoms with Gasteiger partial charge in [-0.15, -0.1) is 0 Å². The molecule has 2 aromatic carbocycles. The molecule has 0 saturated carbocycles. The van der Waals surface area contributed by atoms with Crippen molar-refractivity contribution >= 4 is 10.0 Å². The van der Waals surface area contributed by atoms with Crippen molar-refractivity contribution in [2.24, 2.45) is 7.05 Å². The van der Waals surface area contributed by atoms with Crippen LogP contribution in [-0.2, 0) is 23.6 Å². The minimum atomic E-state index is -3.76. The van der Waals surface area contributed by atoms with Crippen LogP contribution in [0.5, 0.6) is 0 Å². The summed E-state index contributed by atoms with van der Waals surface area (Å²) in [5.41, 5.74) is 1.60. The van der Waals surface area contributed by atoms with Gasteiger partial charge in [0.15, 0.2) is 5.03 Å². The molecule has 2 heterocycles. The number of hydrogen-bond donors (Lipinski definition) is 1. The van der Waals surface area contributed by atoms with Gasteiger partial charge in [0.25, 0.3) is 10.0 Å². The molecule has 9 heteroatoms. The van der Waals surface area contributed by atoms with Crippen LogP contribution in [-0.4, -0.2) is 41.4 Å². The summed E-state index contributed by atoms with van der Waals surface area (Å²) in [6, 6.07) is 12.1. The Labute approximate surface area is 174 Å². The molecule has 1 N–H and O–H groups in total. The smallest absolute Gasteiger partial charge is 0.262 e. The second-order valence-electron chi connectivity index (χ2n) is 7.47. The van der Waals surface area contributed by atoms with Crippen molar-refractivity contribution in [3.8, 4) is 0 Å². The van der Waals surface area contributed by atoms with E-state index in [0.717, 1.165) is 11.1 Å². The lowest BCUT2D eigenvalue weighted by atomic mass is 9.94. The first-order valence-corrected chi connectivity index (χ1v) is 11.0. The van der Waals surface area contributed by atoms with E-state index in [1.165, 1.54) is 41.1 Å². The molecule has 4 rings (SSSR count). The van der Waals surface area contributed by atoms with E-state index >= 15 is 0 Å². The summed E-state index contributed by atoms with van der Waals surface area (Å²) in [6.45, 7) is 0.860. The molecule has 30 heavy (non-hydrogen) atoms. The predicted molar refractivity (Wildman–Crippen MR) is 108 cm³/mol. The van der Waals surface area contributed by atoms with Gasteiger partial charge in [-0.25, -0.2) is 22.2 Å². The fourth-order valence-electron chi connectivity index (χ4n) is 3.77. The lowest BCUT2D eigenvalue weighted by Crippen LogP contribution is -2.36. The molecule has 1 aliphatic heterocycles. The Bertz CT molecular complexity index is 1130. The van der Waals surface area contributed by atoms with Crippen molar-refractivity contribution < 1.29 is 17.2 Å². The molecular weight excluding hydrogens is 410 g/mol. The number of nitrogens with one attached hydrogen (secondary N) is 1. The van der Waals surface area contributed by atoms with Crippen molar-refractivity contribution in [1.29, 1.82) is 0 Å². The van der Waals surface area contributed by atoms with Crippen LogP contribution < -0.4 is 5.32 Å². The molecule has 0 spiro atoms. The number of hydrogen-bond acceptors (Lipinski definition) is 4. The number of halogens is 2. The second-order valence-corrected chi connectivity index (χ2v) is 9.36. The third-order valence-electron chi connectivity index (χ3n) is 5.33. The molecule has 0 radical (unpaired) electrons. The monoisotopic (exact) mass is 432 g/mol. The van der Waals surface area contributed by atoms with Gasteiger partial charge in [0.2, 0.25) is 0 Å². The number of aryl methyl sites for hydroxylation is 1. The molecular formula is C21H22F2N4O2S. The molecule has 158 valence electrons. The van der Waals surface area contributed by atoms with Crippen molar-refractivity contribution in [2.75, 3.05) is 13.1 Å². The van der Waals surface area contributed by atoms with Gasteiger partial charge in [0, 0.05) is 44.8 Å². The Morgan fingerprint density at radius 3 is 2.53 bits per heavy atom. The normalized spacial score (nSPS) is 20.0. The number of benzene rings is 2. The minimum absolute atomic E-state index is 0.00589. The highest BCUT2D eigenvalue weighted by Gasteiger charge is 2.40. The number of sulfonamides is 1. The largest absolute Gasteiger partial charge is 0.339 e. The highest BCUT2D eigenvalue weighted by atomic mass is 32.2. The maximum absolute atomic E-state index is 13.5. The van der Waals surface area contributed by atoms with Gasteiger partial charge >= 0.3 is 0 Å². The van der Waals surface area contributed by atoms with Gasteiger partial charge in [-0.2, -0.15) is 4.31 Å². The van der Waals surface area contributed by atoms with E-state index in [-0.39, 0.29) is 41.7 Å². The summed E-state index contributed by atoms with van der Waals surface area (Å²) in [5.74, 6) is -0.855. The maximum Gasteiger partial charge on any atom is 0.262 e. The van der Waals surface area contributed by atoms with Crippen molar-refractivity contribution in [2.45, 2.75) is 23.5 Å². The van der Waals surface area contributed by atoms with Gasteiger partial charge in [-0.1, -0.05) is 24.3 Å². The molecule has 1 aromatic heterocycles. The Morgan fingerprint density at radius 1 is 1.10 bits per heavy atom. The third-order valence-corrected chi connectivity index (χ3v) is 7.04. The average molecular weight is 432 g/mol. The highest BCUT2D eigenvalue weighted by Crippen LogP contribution is 2.31. The number of rotatable bonds is 6. The number of aromatic nitrogens is 2. The zero-order valence-corrected chi connectivity index (χ0v) is 17.2. The summed E-state index contributed by atoms with van der Waals surface area (Å²) in [5, 5.41) is 3.35. The van der Waals surface area contributed by atoms with Crippen molar-refractivity contribution in [1.82, 2.24) is 19.2 Å². The van der Waals surface area contributed by atoms with E-state index in [1.807, 2.05) is 0 Å². The van der Waals surface area contributed by atoms with Crippen LogP contribution in [0, 0.1) is 11.6 Å². The van der Waals surface area contributed by atoms with Gasteiger partial charge in [0.1, 0.15) is 11.6 Å². The molecule has 2 unspecified atom stereocenters. The van der Waals surface area contributed by atoms with E-state index in [2.05, 4.69) is 10.3 Å². The molecule has 0 aliphatic carbocycles. The molecule has 1 saturated heterocycles. The van der Waals surface area contributed by atoms with Crippen LogP contribution in [0.25, 0.3) is 0 Å². The van der Waals surface area contributed by atoms with Crippen LogP contribution in [0.2, 0.25) is 0 Å². The third kappa shape index (κ3) is 4.28. The zero-order chi connectivity index (χ0) is 21.3. The average Bonchev–Trinajstić information content (AvgIpc) is 3.34. The van der Waals surface area contributed by atoms with Gasteiger partial charge in [-0.05, 0) is 35.4 Å². The topological polar surface area (TPSA) is 67.2 Å². The Balaban J connectivity index is 1.59. The fraction of sp³-hybridized carbons (Fsp3) is 0.286. The lowest BCUT2D eigenvalue weighted by Gasteiger charge is -2.20. The predicted octanol–water partition coefficient (Wildman–Crippen LogP) is 2.64. The van der Waals surface area contributed by atoms with E-state index in [9.17, 15) is 17.2 Å². The second kappa shape index (κ2) is 8.25. The van der Waals surface area contributed by atoms with Crippen molar-refractivity contribution in [3.05, 3.63) is 83.8 Å². The molecule has 1 fully saturated rings. The Morgan fingerprint density at radius 2 is 1.87 bits per heavy atom. The van der Waals surface area contributed by atoms with Crippen LogP contribution in [0.1, 0.15) is 17.0 Å². The zero-order valence-electron chi connectivity index (χ0n) is 16.4. The summed E-state index contributed by atoms with van der Waals surface area (Å²) in [6.07, 6.45) is 2.91. The molecule has 0 bridgehead atoms. The van der Waals surface area contributed by atoms with Gasteiger partial charge in [0.05, 0.1) is 6.33 Å². The molecule has 6 nitrogen and oxygen atoms in total. The molecule has 2 atom stereocenters. The summed E-state index contributed by atoms with van der Waals surface area (Å²) < 4.78 is 56.0. The number of nitrogens with zero attached hydrogens (tertiary/aromatic N) is 3. The van der Waals surface area contributed by atoms with Gasteiger partial charge < -0.3 is 9.88 Å². The van der Waals surface area contributed by atoms with E-state index in [0.29, 0.717) is 6.54 Å². The van der Waals surface area contributed by atoms with Crippen LogP contribution in [0.15, 0.2) is 66.1 Å². The maximum atomic E-state index is 13.5. The first-order valence-electron chi connectivity index (χ1n) is 9.54. The molecule has 0 amide bonds. The van der Waals surface area contributed by atoms with E-state index in [1.54, 1.807) is 35.9 Å². The van der Waals surface area contributed by atoms with Gasteiger partial charge in [-0.3, -0.25) is 0 Å². The first kappa shape index (κ1) is 20.6. The first-order chi connectivity index (χ1) is 14.3. The summed E-state index contributed by atoms with van der Waals surface area (Å²) in [4.78, 5) is 3.99. The molecule has 1 aliphatic rings. The SMILES string of the molecule is Cn1cnc(S(=O)(=O)N2CC(NCc3cccc(F)c3)C(c3ccc(F)cc3)C2)c1. The highest BCUT2D eigenvalue weighted by molar-refractivity contribution is 7.89. The fourth-order valence-corrected chi connectivity index (χ4v) is 5.23. The minimum Gasteiger partial charge on any atom is -0.339 e. The lowest BCUT2D eigenvalue weighted by molar-refractivity contribution is 0.453. The standard InChI is InChI=1S/C21H22F2N4O2S/c1-26-13-21(25-14-26)30(28,29)27-11-19(16-5-7-17(22)8-6-16)20(12-27)24-10-15-3-2-4-18(23)9-15/h2-9,13-14,19-20,24H,10-12H2,1H3. The molecule has 3 aromatic rings. The van der Waals surface area contributed by atoms with Crippen LogP contribution in [0.3, 0.4) is 0 Å². The Hall–Kier alpha value is -2.62. The van der Waals surface area contributed by atoms with E-state index in [4.69, 9.17) is 0 Å². The Kier molecular flexibility index (Phi) is 5.68. The van der Waals surface area contributed by atoms with Crippen LogP contribution >= 0.6 is 0 Å². The van der Waals surface area contributed by atoms with E-state index < -0.39 is 10.0 Å². The van der Waals surface area contributed by atoms with Crippen LogP contribution in [0.4, 0.5) is 8.78 Å². The quantitative estimate of drug-likeness (QED) is 0.650. The summed E-state index contributed by atoms with van der Waals surface area (Å²) >= 11 is 0.